The highest BCUT2D eigenvalue weighted by atomic mass is 32.1. The largest absolute Gasteiger partial charge is 0.313 e. The van der Waals surface area contributed by atoms with Crippen molar-refractivity contribution < 1.29 is 0 Å². The summed E-state index contributed by atoms with van der Waals surface area (Å²) in [6, 6.07) is 5.96. The summed E-state index contributed by atoms with van der Waals surface area (Å²) < 4.78 is 0. The number of nitrogens with zero attached hydrogens (tertiary/aromatic N) is 1. The third-order valence-corrected chi connectivity index (χ3v) is 5.26. The fourth-order valence-corrected chi connectivity index (χ4v) is 4.17. The first-order chi connectivity index (χ1) is 8.88. The first-order valence-corrected chi connectivity index (χ1v) is 8.27. The summed E-state index contributed by atoms with van der Waals surface area (Å²) in [5.74, 6) is 0.921. The van der Waals surface area contributed by atoms with Gasteiger partial charge >= 0.3 is 0 Å². The van der Waals surface area contributed by atoms with Crippen LogP contribution in [-0.2, 0) is 0 Å². The molecule has 2 unspecified atom stereocenters. The molecule has 1 aromatic heterocycles. The summed E-state index contributed by atoms with van der Waals surface area (Å²) in [6.45, 7) is 5.94. The van der Waals surface area contributed by atoms with Gasteiger partial charge in [-0.1, -0.05) is 13.0 Å². The molecule has 3 rings (SSSR count). The van der Waals surface area contributed by atoms with Gasteiger partial charge in [0.2, 0.25) is 0 Å². The number of rotatable bonds is 6. The molecule has 1 saturated carbocycles. The van der Waals surface area contributed by atoms with E-state index in [2.05, 4.69) is 34.7 Å². The zero-order valence-electron chi connectivity index (χ0n) is 11.3. The average Bonchev–Trinajstić information content (AvgIpc) is 2.88. The molecule has 100 valence electrons. The van der Waals surface area contributed by atoms with Gasteiger partial charge in [0.05, 0.1) is 0 Å². The van der Waals surface area contributed by atoms with Crippen molar-refractivity contribution in [2.24, 2.45) is 5.92 Å². The van der Waals surface area contributed by atoms with Crippen LogP contribution in [0.15, 0.2) is 17.5 Å². The summed E-state index contributed by atoms with van der Waals surface area (Å²) in [5, 5.41) is 5.87. The molecule has 2 heterocycles. The van der Waals surface area contributed by atoms with Crippen molar-refractivity contribution in [3.63, 3.8) is 0 Å². The summed E-state index contributed by atoms with van der Waals surface area (Å²) >= 11 is 1.94. The van der Waals surface area contributed by atoms with E-state index in [4.69, 9.17) is 0 Å². The van der Waals surface area contributed by atoms with Gasteiger partial charge in [0, 0.05) is 23.5 Å². The van der Waals surface area contributed by atoms with Crippen molar-refractivity contribution in [2.75, 3.05) is 19.6 Å². The number of nitrogens with one attached hydrogen (secondary N) is 1. The van der Waals surface area contributed by atoms with Crippen LogP contribution in [-0.4, -0.2) is 30.6 Å². The Labute approximate surface area is 114 Å². The molecule has 1 N–H and O–H groups in total. The summed E-state index contributed by atoms with van der Waals surface area (Å²) in [7, 11) is 0. The third kappa shape index (κ3) is 2.79. The van der Waals surface area contributed by atoms with Gasteiger partial charge in [0.15, 0.2) is 0 Å². The fraction of sp³-hybridized carbons (Fsp3) is 0.733. The lowest BCUT2D eigenvalue weighted by molar-refractivity contribution is 0.173. The quantitative estimate of drug-likeness (QED) is 0.848. The van der Waals surface area contributed by atoms with E-state index in [0.29, 0.717) is 6.04 Å². The lowest BCUT2D eigenvalue weighted by atomic mass is 10.1. The minimum Gasteiger partial charge on any atom is -0.313 e. The van der Waals surface area contributed by atoms with Gasteiger partial charge in [-0.15, -0.1) is 11.3 Å². The van der Waals surface area contributed by atoms with Crippen LogP contribution in [0.3, 0.4) is 0 Å². The van der Waals surface area contributed by atoms with E-state index >= 15 is 0 Å². The summed E-state index contributed by atoms with van der Waals surface area (Å²) in [5.41, 5.74) is 0. The fourth-order valence-electron chi connectivity index (χ4n) is 3.22. The highest BCUT2D eigenvalue weighted by Crippen LogP contribution is 2.45. The molecule has 0 aromatic carbocycles. The maximum atomic E-state index is 3.64. The molecule has 2 nitrogen and oxygen atoms in total. The molecule has 2 fully saturated rings. The Bertz CT molecular complexity index is 353. The van der Waals surface area contributed by atoms with Crippen molar-refractivity contribution in [3.8, 4) is 0 Å². The smallest absolute Gasteiger partial charge is 0.0470 e. The van der Waals surface area contributed by atoms with Crippen LogP contribution in [0, 0.1) is 5.92 Å². The molecule has 0 spiro atoms. The van der Waals surface area contributed by atoms with Crippen molar-refractivity contribution in [1.29, 1.82) is 0 Å². The average molecular weight is 264 g/mol. The molecule has 2 atom stereocenters. The first kappa shape index (κ1) is 12.6. The van der Waals surface area contributed by atoms with E-state index in [1.807, 2.05) is 11.3 Å². The van der Waals surface area contributed by atoms with Crippen LogP contribution in [0.5, 0.6) is 0 Å². The first-order valence-electron chi connectivity index (χ1n) is 7.39. The topological polar surface area (TPSA) is 15.3 Å². The van der Waals surface area contributed by atoms with Crippen LogP contribution in [0.2, 0.25) is 0 Å². The Balaban J connectivity index is 1.70. The van der Waals surface area contributed by atoms with Gasteiger partial charge in [-0.3, -0.25) is 4.90 Å². The second-order valence-corrected chi connectivity index (χ2v) is 6.66. The zero-order chi connectivity index (χ0) is 12.4. The van der Waals surface area contributed by atoms with Crippen molar-refractivity contribution in [1.82, 2.24) is 10.2 Å². The second kappa shape index (κ2) is 5.72. The predicted octanol–water partition coefficient (Wildman–Crippen LogP) is 3.27. The Hall–Kier alpha value is -0.380. The van der Waals surface area contributed by atoms with Crippen LogP contribution < -0.4 is 5.32 Å². The van der Waals surface area contributed by atoms with Crippen LogP contribution in [0.1, 0.15) is 43.5 Å². The standard InChI is InChI=1S/C15H24N2S/c1-2-17(11-13-5-3-9-16-13)15(12-7-8-12)14-6-4-10-18-14/h4,6,10,12-13,15-16H,2-3,5,7-9,11H2,1H3. The minimum absolute atomic E-state index is 0.692. The van der Waals surface area contributed by atoms with Gasteiger partial charge in [0.1, 0.15) is 0 Å². The van der Waals surface area contributed by atoms with Crippen LogP contribution in [0.4, 0.5) is 0 Å². The highest BCUT2D eigenvalue weighted by Gasteiger charge is 2.37. The molecule has 1 aliphatic heterocycles. The normalized spacial score (nSPS) is 25.8. The molecule has 18 heavy (non-hydrogen) atoms. The minimum atomic E-state index is 0.692. The Morgan fingerprint density at radius 1 is 1.44 bits per heavy atom. The van der Waals surface area contributed by atoms with E-state index < -0.39 is 0 Å². The number of likely N-dealkylation sites (N-methyl/N-ethyl adjacent to an activating group) is 1. The number of hydrogen-bond acceptors (Lipinski definition) is 3. The van der Waals surface area contributed by atoms with Gasteiger partial charge in [-0.05, 0) is 56.1 Å². The molecule has 1 aliphatic carbocycles. The van der Waals surface area contributed by atoms with Gasteiger partial charge < -0.3 is 5.32 Å². The van der Waals surface area contributed by atoms with E-state index in [1.165, 1.54) is 45.3 Å². The molecule has 3 heteroatoms. The van der Waals surface area contributed by atoms with E-state index in [0.717, 1.165) is 12.0 Å². The van der Waals surface area contributed by atoms with E-state index in [-0.39, 0.29) is 0 Å². The molecule has 0 radical (unpaired) electrons. The molecule has 1 aromatic rings. The lowest BCUT2D eigenvalue weighted by Gasteiger charge is -2.32. The molecular weight excluding hydrogens is 240 g/mol. The summed E-state index contributed by atoms with van der Waals surface area (Å²) in [4.78, 5) is 4.30. The third-order valence-electron chi connectivity index (χ3n) is 4.32. The SMILES string of the molecule is CCN(CC1CCCN1)C(c1cccs1)C1CC1. The van der Waals surface area contributed by atoms with Gasteiger partial charge in [-0.25, -0.2) is 0 Å². The molecular formula is C15H24N2S. The van der Waals surface area contributed by atoms with E-state index in [9.17, 15) is 0 Å². The maximum Gasteiger partial charge on any atom is 0.0470 e. The Morgan fingerprint density at radius 3 is 2.89 bits per heavy atom. The number of thiophene rings is 1. The molecule has 2 aliphatic rings. The molecule has 0 bridgehead atoms. The summed E-state index contributed by atoms with van der Waals surface area (Å²) in [6.07, 6.45) is 5.57. The van der Waals surface area contributed by atoms with Crippen molar-refractivity contribution >= 4 is 11.3 Å². The Morgan fingerprint density at radius 2 is 2.33 bits per heavy atom. The van der Waals surface area contributed by atoms with Gasteiger partial charge in [-0.2, -0.15) is 0 Å². The van der Waals surface area contributed by atoms with Crippen molar-refractivity contribution in [2.45, 2.75) is 44.7 Å². The predicted molar refractivity (Wildman–Crippen MR) is 78.1 cm³/mol. The lowest BCUT2D eigenvalue weighted by Crippen LogP contribution is -2.40. The molecule has 1 saturated heterocycles. The highest BCUT2D eigenvalue weighted by molar-refractivity contribution is 7.10. The van der Waals surface area contributed by atoms with E-state index in [1.54, 1.807) is 4.88 Å². The van der Waals surface area contributed by atoms with Crippen molar-refractivity contribution in [3.05, 3.63) is 22.4 Å². The maximum absolute atomic E-state index is 3.64. The molecule has 0 amide bonds. The van der Waals surface area contributed by atoms with Crippen LogP contribution in [0.25, 0.3) is 0 Å². The zero-order valence-corrected chi connectivity index (χ0v) is 12.1. The van der Waals surface area contributed by atoms with Gasteiger partial charge in [0.25, 0.3) is 0 Å². The van der Waals surface area contributed by atoms with Crippen LogP contribution >= 0.6 is 11.3 Å². The monoisotopic (exact) mass is 264 g/mol. The Kier molecular flexibility index (Phi) is 4.02. The second-order valence-electron chi connectivity index (χ2n) is 5.68. The number of hydrogen-bond donors (Lipinski definition) is 1.